The molecule has 1 saturated heterocycles. The second-order valence-electron chi connectivity index (χ2n) is 6.69. The van der Waals surface area contributed by atoms with Crippen molar-refractivity contribution in [3.8, 4) is 0 Å². The second kappa shape index (κ2) is 6.28. The lowest BCUT2D eigenvalue weighted by Crippen LogP contribution is -2.36. The number of anilines is 1. The van der Waals surface area contributed by atoms with E-state index in [2.05, 4.69) is 32.3 Å². The van der Waals surface area contributed by atoms with E-state index in [4.69, 9.17) is 4.74 Å². The molecule has 1 aromatic carbocycles. The SMILES string of the molecule is CC(C)(C)OC(=O)N1CCC(Nc2nc3ccc(Br)cc3s2)C1. The van der Waals surface area contributed by atoms with Gasteiger partial charge in [0.25, 0.3) is 0 Å². The van der Waals surface area contributed by atoms with Crippen molar-refractivity contribution in [2.45, 2.75) is 38.8 Å². The number of carbonyl (C=O) groups excluding carboxylic acids is 1. The van der Waals surface area contributed by atoms with Crippen LogP contribution in [0.5, 0.6) is 0 Å². The van der Waals surface area contributed by atoms with Gasteiger partial charge in [0, 0.05) is 23.6 Å². The molecule has 124 valence electrons. The minimum Gasteiger partial charge on any atom is -0.444 e. The van der Waals surface area contributed by atoms with Crippen LogP contribution in [0.2, 0.25) is 0 Å². The lowest BCUT2D eigenvalue weighted by Gasteiger charge is -2.24. The summed E-state index contributed by atoms with van der Waals surface area (Å²) >= 11 is 5.11. The average Bonchev–Trinajstić information content (AvgIpc) is 3.03. The molecule has 1 amide bonds. The second-order valence-corrected chi connectivity index (χ2v) is 8.63. The van der Waals surface area contributed by atoms with Gasteiger partial charge in [-0.1, -0.05) is 27.3 Å². The topological polar surface area (TPSA) is 54.5 Å². The molecule has 7 heteroatoms. The molecule has 1 N–H and O–H groups in total. The van der Waals surface area contributed by atoms with E-state index in [0.29, 0.717) is 13.1 Å². The van der Waals surface area contributed by atoms with Crippen molar-refractivity contribution in [3.05, 3.63) is 22.7 Å². The summed E-state index contributed by atoms with van der Waals surface area (Å²) in [5.74, 6) is 0. The van der Waals surface area contributed by atoms with Crippen LogP contribution in [-0.2, 0) is 4.74 Å². The molecule has 3 rings (SSSR count). The predicted octanol–water partition coefficient (Wildman–Crippen LogP) is 4.48. The van der Waals surface area contributed by atoms with Crippen molar-refractivity contribution in [2.24, 2.45) is 0 Å². The van der Waals surface area contributed by atoms with Crippen molar-refractivity contribution in [2.75, 3.05) is 18.4 Å². The third-order valence-electron chi connectivity index (χ3n) is 3.52. The van der Waals surface area contributed by atoms with Gasteiger partial charge in [-0.2, -0.15) is 0 Å². The first kappa shape index (κ1) is 16.5. The standard InChI is InChI=1S/C16H20BrN3O2S/c1-16(2,3)22-15(21)20-7-6-11(9-20)18-14-19-12-5-4-10(17)8-13(12)23-14/h4-5,8,11H,6-7,9H2,1-3H3,(H,18,19). The number of hydrogen-bond acceptors (Lipinski definition) is 5. The molecule has 2 heterocycles. The van der Waals surface area contributed by atoms with Gasteiger partial charge < -0.3 is 15.0 Å². The molecule has 1 aliphatic rings. The molecule has 1 aromatic heterocycles. The van der Waals surface area contributed by atoms with Crippen molar-refractivity contribution in [3.63, 3.8) is 0 Å². The van der Waals surface area contributed by atoms with Crippen molar-refractivity contribution >= 4 is 48.7 Å². The third kappa shape index (κ3) is 4.14. The van der Waals surface area contributed by atoms with E-state index >= 15 is 0 Å². The Bertz CT molecular complexity index is 726. The normalized spacial score (nSPS) is 18.4. The van der Waals surface area contributed by atoms with Gasteiger partial charge in [0.05, 0.1) is 10.2 Å². The number of likely N-dealkylation sites (tertiary alicyclic amines) is 1. The Morgan fingerprint density at radius 1 is 1.48 bits per heavy atom. The zero-order valence-corrected chi connectivity index (χ0v) is 15.8. The molecular weight excluding hydrogens is 378 g/mol. The maximum Gasteiger partial charge on any atom is 0.410 e. The number of hydrogen-bond donors (Lipinski definition) is 1. The summed E-state index contributed by atoms with van der Waals surface area (Å²) in [7, 11) is 0. The largest absolute Gasteiger partial charge is 0.444 e. The zero-order chi connectivity index (χ0) is 16.6. The predicted molar refractivity (Wildman–Crippen MR) is 97.2 cm³/mol. The van der Waals surface area contributed by atoms with Crippen molar-refractivity contribution < 1.29 is 9.53 Å². The van der Waals surface area contributed by atoms with Crippen LogP contribution in [-0.4, -0.2) is 40.7 Å². The first-order chi connectivity index (χ1) is 10.8. The van der Waals surface area contributed by atoms with Crippen LogP contribution in [0.15, 0.2) is 22.7 Å². The van der Waals surface area contributed by atoms with E-state index in [1.165, 1.54) is 0 Å². The highest BCUT2D eigenvalue weighted by atomic mass is 79.9. The molecule has 1 atom stereocenters. The highest BCUT2D eigenvalue weighted by molar-refractivity contribution is 9.10. The number of rotatable bonds is 2. The molecule has 0 radical (unpaired) electrons. The molecule has 2 aromatic rings. The van der Waals surface area contributed by atoms with E-state index in [9.17, 15) is 4.79 Å². The molecular formula is C16H20BrN3O2S. The van der Waals surface area contributed by atoms with E-state index in [0.717, 1.165) is 26.2 Å². The Kier molecular flexibility index (Phi) is 4.51. The van der Waals surface area contributed by atoms with Gasteiger partial charge in [-0.05, 0) is 45.4 Å². The summed E-state index contributed by atoms with van der Waals surface area (Å²) < 4.78 is 7.62. The summed E-state index contributed by atoms with van der Waals surface area (Å²) in [5, 5.41) is 4.34. The zero-order valence-electron chi connectivity index (χ0n) is 13.4. The van der Waals surface area contributed by atoms with Crippen molar-refractivity contribution in [1.29, 1.82) is 0 Å². The van der Waals surface area contributed by atoms with Gasteiger partial charge in [-0.3, -0.25) is 0 Å². The first-order valence-electron chi connectivity index (χ1n) is 7.61. The van der Waals surface area contributed by atoms with Gasteiger partial charge in [0.15, 0.2) is 5.13 Å². The summed E-state index contributed by atoms with van der Waals surface area (Å²) in [6.45, 7) is 7.01. The molecule has 0 aliphatic carbocycles. The highest BCUT2D eigenvalue weighted by Gasteiger charge is 2.30. The number of halogens is 1. The minimum atomic E-state index is -0.455. The van der Waals surface area contributed by atoms with E-state index < -0.39 is 5.60 Å². The van der Waals surface area contributed by atoms with Crippen LogP contribution in [0, 0.1) is 0 Å². The Labute approximate surface area is 148 Å². The molecule has 23 heavy (non-hydrogen) atoms. The lowest BCUT2D eigenvalue weighted by molar-refractivity contribution is 0.0293. The molecule has 1 unspecified atom stereocenters. The molecule has 0 spiro atoms. The number of carbonyl (C=O) groups is 1. The Morgan fingerprint density at radius 3 is 3.00 bits per heavy atom. The van der Waals surface area contributed by atoms with Crippen LogP contribution in [0.3, 0.4) is 0 Å². The maximum absolute atomic E-state index is 12.1. The fourth-order valence-corrected chi connectivity index (χ4v) is 4.00. The number of nitrogens with one attached hydrogen (secondary N) is 1. The summed E-state index contributed by atoms with van der Waals surface area (Å²) in [6, 6.07) is 6.28. The fourth-order valence-electron chi connectivity index (χ4n) is 2.51. The van der Waals surface area contributed by atoms with Crippen LogP contribution < -0.4 is 5.32 Å². The number of amides is 1. The first-order valence-corrected chi connectivity index (χ1v) is 9.22. The third-order valence-corrected chi connectivity index (χ3v) is 4.96. The van der Waals surface area contributed by atoms with Crippen LogP contribution >= 0.6 is 27.3 Å². The van der Waals surface area contributed by atoms with E-state index in [1.807, 2.05) is 32.9 Å². The highest BCUT2D eigenvalue weighted by Crippen LogP contribution is 2.29. The van der Waals surface area contributed by atoms with Crippen LogP contribution in [0.4, 0.5) is 9.93 Å². The van der Waals surface area contributed by atoms with Gasteiger partial charge in [-0.15, -0.1) is 0 Å². The summed E-state index contributed by atoms with van der Waals surface area (Å²) in [5.41, 5.74) is 0.533. The van der Waals surface area contributed by atoms with Crippen molar-refractivity contribution in [1.82, 2.24) is 9.88 Å². The number of ether oxygens (including phenoxy) is 1. The lowest BCUT2D eigenvalue weighted by atomic mass is 10.2. The van der Waals surface area contributed by atoms with Gasteiger partial charge in [0.2, 0.25) is 0 Å². The Hall–Kier alpha value is -1.34. The quantitative estimate of drug-likeness (QED) is 0.811. The minimum absolute atomic E-state index is 0.214. The maximum atomic E-state index is 12.1. The molecule has 1 aliphatic heterocycles. The number of benzene rings is 1. The Morgan fingerprint density at radius 2 is 2.26 bits per heavy atom. The molecule has 0 saturated carbocycles. The van der Waals surface area contributed by atoms with Gasteiger partial charge >= 0.3 is 6.09 Å². The van der Waals surface area contributed by atoms with Gasteiger partial charge in [-0.25, -0.2) is 9.78 Å². The van der Waals surface area contributed by atoms with Crippen LogP contribution in [0.25, 0.3) is 10.2 Å². The monoisotopic (exact) mass is 397 g/mol. The number of fused-ring (bicyclic) bond motifs is 1. The number of aromatic nitrogens is 1. The van der Waals surface area contributed by atoms with Gasteiger partial charge in [0.1, 0.15) is 5.60 Å². The van der Waals surface area contributed by atoms with E-state index in [-0.39, 0.29) is 12.1 Å². The molecule has 5 nitrogen and oxygen atoms in total. The van der Waals surface area contributed by atoms with E-state index in [1.54, 1.807) is 16.2 Å². The summed E-state index contributed by atoms with van der Waals surface area (Å²) in [6.07, 6.45) is 0.661. The molecule has 0 bridgehead atoms. The van der Waals surface area contributed by atoms with Crippen LogP contribution in [0.1, 0.15) is 27.2 Å². The summed E-state index contributed by atoms with van der Waals surface area (Å²) in [4.78, 5) is 18.5. The average molecular weight is 398 g/mol. The number of nitrogens with zero attached hydrogens (tertiary/aromatic N) is 2. The smallest absolute Gasteiger partial charge is 0.410 e. The molecule has 1 fully saturated rings. The number of thiazole rings is 1. The fraction of sp³-hybridized carbons (Fsp3) is 0.500. The Balaban J connectivity index is 1.61.